The molecule has 2 aliphatic carbocycles. The van der Waals surface area contributed by atoms with Crippen LogP contribution in [-0.2, 0) is 4.79 Å². The van der Waals surface area contributed by atoms with Gasteiger partial charge in [-0.3, -0.25) is 4.79 Å². The first kappa shape index (κ1) is 9.51. The highest BCUT2D eigenvalue weighted by atomic mass is 16.2. The lowest BCUT2D eigenvalue weighted by molar-refractivity contribution is -0.132. The molecule has 0 saturated heterocycles. The van der Waals surface area contributed by atoms with Gasteiger partial charge in [0.05, 0.1) is 6.07 Å². The second kappa shape index (κ2) is 3.27. The second-order valence-electron chi connectivity index (χ2n) is 4.65. The van der Waals surface area contributed by atoms with Crippen LogP contribution in [0.4, 0.5) is 0 Å². The maximum atomic E-state index is 11.8. The van der Waals surface area contributed by atoms with E-state index in [2.05, 4.69) is 11.4 Å². The van der Waals surface area contributed by atoms with Crippen LogP contribution in [0.15, 0.2) is 0 Å². The molecule has 1 atom stereocenters. The standard InChI is InChI=1S/C11H16N2O/c1-8(9-3-4-9)13-10(14)11(7-12)5-2-6-11/h8-9H,2-6H2,1H3,(H,13,14). The lowest BCUT2D eigenvalue weighted by atomic mass is 9.69. The van der Waals surface area contributed by atoms with E-state index in [0.717, 1.165) is 19.3 Å². The molecular formula is C11H16N2O. The van der Waals surface area contributed by atoms with Crippen molar-refractivity contribution in [2.24, 2.45) is 11.3 Å². The Bertz CT molecular complexity index is 284. The molecule has 0 aromatic heterocycles. The van der Waals surface area contributed by atoms with E-state index in [4.69, 9.17) is 5.26 Å². The van der Waals surface area contributed by atoms with Gasteiger partial charge in [-0.1, -0.05) is 0 Å². The maximum absolute atomic E-state index is 11.8. The molecule has 0 heterocycles. The topological polar surface area (TPSA) is 52.9 Å². The van der Waals surface area contributed by atoms with Gasteiger partial charge >= 0.3 is 0 Å². The molecule has 1 unspecified atom stereocenters. The molecule has 3 nitrogen and oxygen atoms in total. The summed E-state index contributed by atoms with van der Waals surface area (Å²) in [5.41, 5.74) is -0.677. The molecular weight excluding hydrogens is 176 g/mol. The third kappa shape index (κ3) is 1.50. The molecule has 3 heteroatoms. The highest BCUT2D eigenvalue weighted by Crippen LogP contribution is 2.41. The van der Waals surface area contributed by atoms with Crippen molar-refractivity contribution >= 4 is 5.91 Å². The van der Waals surface area contributed by atoms with Gasteiger partial charge in [0.2, 0.25) is 5.91 Å². The van der Waals surface area contributed by atoms with E-state index in [0.29, 0.717) is 5.92 Å². The van der Waals surface area contributed by atoms with Gasteiger partial charge in [-0.15, -0.1) is 0 Å². The monoisotopic (exact) mass is 192 g/mol. The fraction of sp³-hybridized carbons (Fsp3) is 0.818. The van der Waals surface area contributed by atoms with E-state index in [-0.39, 0.29) is 11.9 Å². The van der Waals surface area contributed by atoms with E-state index < -0.39 is 5.41 Å². The SMILES string of the molecule is CC(NC(=O)C1(C#N)CCC1)C1CC1. The van der Waals surface area contributed by atoms with Crippen molar-refractivity contribution in [2.45, 2.75) is 45.1 Å². The number of hydrogen-bond acceptors (Lipinski definition) is 2. The number of nitrogens with one attached hydrogen (secondary N) is 1. The minimum absolute atomic E-state index is 0.0364. The number of rotatable bonds is 3. The molecule has 0 spiro atoms. The predicted octanol–water partition coefficient (Wildman–Crippen LogP) is 1.59. The molecule has 0 aliphatic heterocycles. The fourth-order valence-corrected chi connectivity index (χ4v) is 1.98. The Hall–Kier alpha value is -1.04. The zero-order chi connectivity index (χ0) is 10.2. The van der Waals surface area contributed by atoms with Crippen molar-refractivity contribution in [3.8, 4) is 6.07 Å². The Kier molecular flexibility index (Phi) is 2.22. The Morgan fingerprint density at radius 1 is 1.57 bits per heavy atom. The zero-order valence-electron chi connectivity index (χ0n) is 8.55. The first-order chi connectivity index (χ1) is 6.68. The van der Waals surface area contributed by atoms with Gasteiger partial charge in [-0.2, -0.15) is 5.26 Å². The quantitative estimate of drug-likeness (QED) is 0.738. The Morgan fingerprint density at radius 3 is 2.57 bits per heavy atom. The largest absolute Gasteiger partial charge is 0.352 e. The van der Waals surface area contributed by atoms with E-state index in [1.165, 1.54) is 12.8 Å². The first-order valence-electron chi connectivity index (χ1n) is 5.40. The Morgan fingerprint density at radius 2 is 2.21 bits per heavy atom. The van der Waals surface area contributed by atoms with Gasteiger partial charge in [0.15, 0.2) is 0 Å². The first-order valence-corrected chi connectivity index (χ1v) is 5.40. The molecule has 0 aromatic carbocycles. The van der Waals surface area contributed by atoms with E-state index in [1.54, 1.807) is 0 Å². The number of carbonyl (C=O) groups is 1. The zero-order valence-corrected chi connectivity index (χ0v) is 8.55. The lowest BCUT2D eigenvalue weighted by Crippen LogP contribution is -2.48. The van der Waals surface area contributed by atoms with Crippen LogP contribution in [0.1, 0.15) is 39.0 Å². The van der Waals surface area contributed by atoms with Gasteiger partial charge in [0.25, 0.3) is 0 Å². The van der Waals surface area contributed by atoms with E-state index in [1.807, 2.05) is 6.92 Å². The number of nitrogens with zero attached hydrogens (tertiary/aromatic N) is 1. The van der Waals surface area contributed by atoms with Crippen molar-refractivity contribution < 1.29 is 4.79 Å². The van der Waals surface area contributed by atoms with Gasteiger partial charge in [0, 0.05) is 6.04 Å². The van der Waals surface area contributed by atoms with E-state index in [9.17, 15) is 4.79 Å². The minimum atomic E-state index is -0.677. The summed E-state index contributed by atoms with van der Waals surface area (Å²) < 4.78 is 0. The summed E-state index contributed by atoms with van der Waals surface area (Å²) in [4.78, 5) is 11.8. The summed E-state index contributed by atoms with van der Waals surface area (Å²) in [7, 11) is 0. The van der Waals surface area contributed by atoms with Crippen molar-refractivity contribution in [1.29, 1.82) is 5.26 Å². The smallest absolute Gasteiger partial charge is 0.240 e. The average molecular weight is 192 g/mol. The molecule has 2 rings (SSSR count). The molecule has 2 fully saturated rings. The summed E-state index contributed by atoms with van der Waals surface area (Å²) in [6, 6.07) is 2.43. The summed E-state index contributed by atoms with van der Waals surface area (Å²) in [5, 5.41) is 11.9. The molecule has 2 aliphatic rings. The molecule has 14 heavy (non-hydrogen) atoms. The van der Waals surface area contributed by atoms with Crippen LogP contribution >= 0.6 is 0 Å². The number of hydrogen-bond donors (Lipinski definition) is 1. The number of carbonyl (C=O) groups excluding carboxylic acids is 1. The maximum Gasteiger partial charge on any atom is 0.240 e. The third-order valence-electron chi connectivity index (χ3n) is 3.54. The third-order valence-corrected chi connectivity index (χ3v) is 3.54. The molecule has 0 radical (unpaired) electrons. The van der Waals surface area contributed by atoms with Crippen LogP contribution < -0.4 is 5.32 Å². The van der Waals surface area contributed by atoms with Crippen LogP contribution in [0.3, 0.4) is 0 Å². The van der Waals surface area contributed by atoms with Crippen LogP contribution in [-0.4, -0.2) is 11.9 Å². The molecule has 2 saturated carbocycles. The average Bonchev–Trinajstić information content (AvgIpc) is 2.84. The van der Waals surface area contributed by atoms with Crippen LogP contribution in [0.2, 0.25) is 0 Å². The molecule has 0 bridgehead atoms. The summed E-state index contributed by atoms with van der Waals surface area (Å²) >= 11 is 0. The van der Waals surface area contributed by atoms with Crippen molar-refractivity contribution in [3.63, 3.8) is 0 Å². The van der Waals surface area contributed by atoms with Crippen molar-refractivity contribution in [1.82, 2.24) is 5.32 Å². The molecule has 1 amide bonds. The highest BCUT2D eigenvalue weighted by molar-refractivity contribution is 5.86. The van der Waals surface area contributed by atoms with Crippen molar-refractivity contribution in [2.75, 3.05) is 0 Å². The van der Waals surface area contributed by atoms with Crippen LogP contribution in [0, 0.1) is 22.7 Å². The van der Waals surface area contributed by atoms with E-state index >= 15 is 0 Å². The number of nitriles is 1. The molecule has 76 valence electrons. The fourth-order valence-electron chi connectivity index (χ4n) is 1.98. The van der Waals surface area contributed by atoms with Gasteiger partial charge in [-0.25, -0.2) is 0 Å². The van der Waals surface area contributed by atoms with Gasteiger partial charge in [-0.05, 0) is 44.9 Å². The van der Waals surface area contributed by atoms with Crippen LogP contribution in [0.25, 0.3) is 0 Å². The normalized spacial score (nSPS) is 25.7. The van der Waals surface area contributed by atoms with Gasteiger partial charge in [0.1, 0.15) is 5.41 Å². The van der Waals surface area contributed by atoms with Gasteiger partial charge < -0.3 is 5.32 Å². The Balaban J connectivity index is 1.91. The minimum Gasteiger partial charge on any atom is -0.352 e. The summed E-state index contributed by atoms with van der Waals surface area (Å²) in [6.07, 6.45) is 4.94. The second-order valence-corrected chi connectivity index (χ2v) is 4.65. The molecule has 0 aromatic rings. The predicted molar refractivity (Wildman–Crippen MR) is 52.2 cm³/mol. The van der Waals surface area contributed by atoms with Crippen molar-refractivity contribution in [3.05, 3.63) is 0 Å². The lowest BCUT2D eigenvalue weighted by Gasteiger charge is -2.34. The summed E-state index contributed by atoms with van der Waals surface area (Å²) in [6.45, 7) is 2.04. The highest BCUT2D eigenvalue weighted by Gasteiger charge is 2.45. The van der Waals surface area contributed by atoms with Crippen LogP contribution in [0.5, 0.6) is 0 Å². The number of amides is 1. The Labute approximate surface area is 84.5 Å². The molecule has 1 N–H and O–H groups in total. The summed E-state index contributed by atoms with van der Waals surface area (Å²) in [5.74, 6) is 0.625.